The van der Waals surface area contributed by atoms with Crippen LogP contribution < -0.4 is 5.32 Å². The average molecular weight is 711 g/mol. The Hall–Kier alpha value is -5.50. The van der Waals surface area contributed by atoms with Crippen LogP contribution in [0.15, 0.2) is 65.9 Å². The van der Waals surface area contributed by atoms with Gasteiger partial charge in [-0.15, -0.1) is 0 Å². The molecule has 4 aromatic rings. The second-order valence-corrected chi connectivity index (χ2v) is 13.3. The third-order valence-electron chi connectivity index (χ3n) is 9.65. The van der Waals surface area contributed by atoms with E-state index in [1.165, 1.54) is 20.6 Å². The minimum Gasteiger partial charge on any atom is -0.453 e. The molecule has 0 bridgehead atoms. The quantitative estimate of drug-likeness (QED) is 0.0660. The molecule has 2 aromatic carbocycles. The van der Waals surface area contributed by atoms with Gasteiger partial charge in [0.2, 0.25) is 18.2 Å². The largest absolute Gasteiger partial charge is 0.453 e. The van der Waals surface area contributed by atoms with Gasteiger partial charge in [-0.1, -0.05) is 48.5 Å². The molecule has 3 N–H and O–H groups in total. The number of methoxy groups -OCH3 is 1. The van der Waals surface area contributed by atoms with Crippen LogP contribution in [-0.2, 0) is 24.1 Å². The predicted molar refractivity (Wildman–Crippen MR) is 195 cm³/mol. The molecular weight excluding hydrogens is 664 g/mol. The van der Waals surface area contributed by atoms with Crippen LogP contribution in [0.1, 0.15) is 76.1 Å². The number of carbonyl (C=O) groups excluding carboxylic acids is 3. The molecule has 0 saturated carbocycles. The molecule has 0 aliphatic carbocycles. The first-order valence-corrected chi connectivity index (χ1v) is 17.7. The van der Waals surface area contributed by atoms with E-state index in [4.69, 9.17) is 0 Å². The summed E-state index contributed by atoms with van der Waals surface area (Å²) >= 11 is 0. The summed E-state index contributed by atoms with van der Waals surface area (Å²) in [6.07, 6.45) is 8.27. The van der Waals surface area contributed by atoms with Gasteiger partial charge in [0.15, 0.2) is 0 Å². The van der Waals surface area contributed by atoms with Crippen LogP contribution in [0, 0.1) is 0 Å². The van der Waals surface area contributed by atoms with E-state index >= 15 is 0 Å². The zero-order valence-electron chi connectivity index (χ0n) is 30.0. The van der Waals surface area contributed by atoms with Crippen molar-refractivity contribution in [2.24, 2.45) is 4.99 Å². The molecule has 2 saturated heterocycles. The van der Waals surface area contributed by atoms with Crippen molar-refractivity contribution in [3.8, 4) is 33.6 Å². The number of aromatic nitrogens is 4. The third-order valence-corrected chi connectivity index (χ3v) is 9.65. The van der Waals surface area contributed by atoms with Crippen LogP contribution in [0.3, 0.4) is 0 Å². The normalized spacial score (nSPS) is 18.5. The number of likely N-dealkylation sites (tertiary alicyclic amines) is 2. The highest BCUT2D eigenvalue weighted by Gasteiger charge is 2.34. The van der Waals surface area contributed by atoms with Gasteiger partial charge in [0, 0.05) is 32.0 Å². The number of aliphatic imine (C=N–C) groups is 1. The molecule has 14 nitrogen and oxygen atoms in total. The molecule has 6 rings (SSSR count). The molecule has 4 atom stereocenters. The van der Waals surface area contributed by atoms with Gasteiger partial charge >= 0.3 is 6.09 Å². The van der Waals surface area contributed by atoms with Crippen molar-refractivity contribution in [1.29, 1.82) is 0 Å². The Bertz CT molecular complexity index is 1850. The van der Waals surface area contributed by atoms with Gasteiger partial charge in [-0.25, -0.2) is 14.8 Å². The van der Waals surface area contributed by atoms with Crippen LogP contribution in [-0.4, -0.2) is 93.4 Å². The Morgan fingerprint density at radius 3 is 1.77 bits per heavy atom. The summed E-state index contributed by atoms with van der Waals surface area (Å²) in [5.74, 6) is 1.56. The molecule has 0 spiro atoms. The smallest absolute Gasteiger partial charge is 0.407 e. The Kier molecular flexibility index (Phi) is 11.6. The highest BCUT2D eigenvalue weighted by Crippen LogP contribution is 2.34. The van der Waals surface area contributed by atoms with Crippen LogP contribution in [0.25, 0.3) is 33.6 Å². The summed E-state index contributed by atoms with van der Waals surface area (Å²) in [6, 6.07) is 15.8. The number of carbonyl (C=O) groups is 3. The first-order valence-electron chi connectivity index (χ1n) is 17.7. The number of rotatable bonds is 13. The SMILES string of the molecule is COOC=N[C@@H](C)CC(=O)N1CCC[C@H]1c1ncc(-c2ccc(-c3ccc(-c4cnc([C@@H]5CCCN5C(=O)C[C@H](C)NC(=O)OC)[nH]4)cc3)cc2)[nH]1. The summed E-state index contributed by atoms with van der Waals surface area (Å²) in [6.45, 7) is 5.00. The highest BCUT2D eigenvalue weighted by atomic mass is 17.2. The molecular formula is C38H46N8O6. The first kappa shape index (κ1) is 36.3. The van der Waals surface area contributed by atoms with Crippen molar-refractivity contribution in [2.75, 3.05) is 27.3 Å². The fraction of sp³-hybridized carbons (Fsp3) is 0.421. The lowest BCUT2D eigenvalue weighted by Gasteiger charge is -2.25. The van der Waals surface area contributed by atoms with Gasteiger partial charge in [-0.2, -0.15) is 4.89 Å². The number of hydrogen-bond donors (Lipinski definition) is 3. The molecule has 2 aliphatic rings. The van der Waals surface area contributed by atoms with E-state index in [1.54, 1.807) is 6.92 Å². The standard InChI is InChI=1S/C38H46N8O6/c1-24(41-23-52-51-4)19-34(47)45-17-5-7-32(45)36-39-21-30(43-36)28-13-9-26(10-14-28)27-11-15-29(16-12-27)31-22-40-37(44-31)33-8-6-18-46(33)35(48)20-25(2)42-38(49)50-3/h9-16,21-25,32-33H,5-8,17-20H2,1-4H3,(H,39,43)(H,40,44)(H,42,49)/t24-,25-,32-,33-/m0/s1. The molecule has 0 radical (unpaired) electrons. The number of hydrogen-bond acceptors (Lipinski definition) is 9. The maximum Gasteiger partial charge on any atom is 0.407 e. The Morgan fingerprint density at radius 2 is 1.29 bits per heavy atom. The molecule has 2 fully saturated rings. The number of nitrogens with zero attached hydrogens (tertiary/aromatic N) is 5. The molecule has 14 heteroatoms. The minimum atomic E-state index is -0.549. The average Bonchev–Trinajstić information content (AvgIpc) is 3.98. The van der Waals surface area contributed by atoms with Crippen LogP contribution in [0.5, 0.6) is 0 Å². The minimum absolute atomic E-state index is 0.0255. The zero-order valence-corrected chi connectivity index (χ0v) is 30.0. The van der Waals surface area contributed by atoms with E-state index in [2.05, 4.69) is 93.3 Å². The lowest BCUT2D eigenvalue weighted by Crippen LogP contribution is -2.39. The highest BCUT2D eigenvalue weighted by molar-refractivity contribution is 5.79. The van der Waals surface area contributed by atoms with E-state index in [0.29, 0.717) is 13.1 Å². The topological polar surface area (TPSA) is 167 Å². The van der Waals surface area contributed by atoms with E-state index in [0.717, 1.165) is 71.0 Å². The number of alkyl carbamates (subject to hydrolysis) is 1. The van der Waals surface area contributed by atoms with Crippen molar-refractivity contribution >= 4 is 24.3 Å². The second-order valence-electron chi connectivity index (χ2n) is 13.3. The maximum atomic E-state index is 13.1. The number of H-pyrrole nitrogens is 2. The lowest BCUT2D eigenvalue weighted by atomic mass is 10.0. The van der Waals surface area contributed by atoms with E-state index in [-0.39, 0.29) is 48.8 Å². The molecule has 2 aromatic heterocycles. The van der Waals surface area contributed by atoms with Crippen molar-refractivity contribution < 1.29 is 28.9 Å². The number of amides is 3. The molecule has 52 heavy (non-hydrogen) atoms. The summed E-state index contributed by atoms with van der Waals surface area (Å²) in [4.78, 5) is 71.0. The fourth-order valence-electron chi connectivity index (χ4n) is 6.97. The monoisotopic (exact) mass is 710 g/mol. The Labute approximate surface area is 302 Å². The fourth-order valence-corrected chi connectivity index (χ4v) is 6.97. The summed E-state index contributed by atoms with van der Waals surface area (Å²) < 4.78 is 4.65. The van der Waals surface area contributed by atoms with Crippen molar-refractivity contribution in [1.82, 2.24) is 35.1 Å². The number of aromatic amines is 2. The number of nitrogens with one attached hydrogen (secondary N) is 3. The predicted octanol–water partition coefficient (Wildman–Crippen LogP) is 5.98. The molecule has 0 unspecified atom stereocenters. The molecule has 2 aliphatic heterocycles. The van der Waals surface area contributed by atoms with Gasteiger partial charge in [0.1, 0.15) is 11.6 Å². The first-order chi connectivity index (χ1) is 25.2. The zero-order chi connectivity index (χ0) is 36.6. The summed E-state index contributed by atoms with van der Waals surface area (Å²) in [5, 5.41) is 2.66. The van der Waals surface area contributed by atoms with Crippen molar-refractivity contribution in [3.63, 3.8) is 0 Å². The second kappa shape index (κ2) is 16.7. The van der Waals surface area contributed by atoms with Gasteiger partial charge in [-0.05, 0) is 61.8 Å². The van der Waals surface area contributed by atoms with E-state index in [9.17, 15) is 14.4 Å². The number of benzene rings is 2. The third kappa shape index (κ3) is 8.51. The van der Waals surface area contributed by atoms with E-state index < -0.39 is 6.09 Å². The lowest BCUT2D eigenvalue weighted by molar-refractivity contribution is -0.188. The van der Waals surface area contributed by atoms with Gasteiger partial charge in [-0.3, -0.25) is 14.6 Å². The van der Waals surface area contributed by atoms with Crippen LogP contribution in [0.2, 0.25) is 0 Å². The van der Waals surface area contributed by atoms with Crippen LogP contribution in [0.4, 0.5) is 4.79 Å². The molecule has 3 amide bonds. The molecule has 274 valence electrons. The molecule has 4 heterocycles. The van der Waals surface area contributed by atoms with Crippen molar-refractivity contribution in [2.45, 2.75) is 76.5 Å². The van der Waals surface area contributed by atoms with Crippen LogP contribution >= 0.6 is 0 Å². The van der Waals surface area contributed by atoms with Gasteiger partial charge in [0.25, 0.3) is 0 Å². The number of ether oxygens (including phenoxy) is 1. The Balaban J connectivity index is 1.06. The van der Waals surface area contributed by atoms with Gasteiger partial charge < -0.3 is 34.7 Å². The van der Waals surface area contributed by atoms with E-state index in [1.807, 2.05) is 29.1 Å². The Morgan fingerprint density at radius 1 is 0.808 bits per heavy atom. The van der Waals surface area contributed by atoms with Crippen molar-refractivity contribution in [3.05, 3.63) is 72.6 Å². The van der Waals surface area contributed by atoms with Gasteiger partial charge in [0.05, 0.1) is 56.1 Å². The summed E-state index contributed by atoms with van der Waals surface area (Å²) in [5.41, 5.74) is 5.95. The number of imidazole rings is 2. The summed E-state index contributed by atoms with van der Waals surface area (Å²) in [7, 11) is 2.70. The maximum absolute atomic E-state index is 13.1.